The molecular weight excluding hydrogens is 300 g/mol. The van der Waals surface area contributed by atoms with E-state index in [0.717, 1.165) is 16.5 Å². The van der Waals surface area contributed by atoms with Crippen LogP contribution in [0.3, 0.4) is 0 Å². The van der Waals surface area contributed by atoms with Crippen LogP contribution in [0, 0.1) is 0 Å². The maximum absolute atomic E-state index is 11.9. The molecular formula is C11H11BrN4O2. The van der Waals surface area contributed by atoms with Crippen LogP contribution in [0.5, 0.6) is 0 Å². The zero-order chi connectivity index (χ0) is 13.1. The maximum Gasteiger partial charge on any atom is 0.281 e. The van der Waals surface area contributed by atoms with Crippen LogP contribution in [0.25, 0.3) is 0 Å². The smallest absolute Gasteiger partial charge is 0.281 e. The Morgan fingerprint density at radius 3 is 2.89 bits per heavy atom. The number of nitrogen functional groups attached to an aromatic ring is 1. The van der Waals surface area contributed by atoms with Crippen LogP contribution in [0.1, 0.15) is 23.0 Å². The average Bonchev–Trinajstić information content (AvgIpc) is 2.77. The van der Waals surface area contributed by atoms with E-state index in [0.29, 0.717) is 5.69 Å². The van der Waals surface area contributed by atoms with Crippen molar-refractivity contribution in [3.8, 4) is 0 Å². The van der Waals surface area contributed by atoms with Crippen molar-refractivity contribution < 1.29 is 9.42 Å². The average molecular weight is 311 g/mol. The number of hydrogen-bond donors (Lipinski definition) is 2. The Balaban J connectivity index is 2.24. The van der Waals surface area contributed by atoms with Crippen molar-refractivity contribution in [2.24, 2.45) is 0 Å². The normalized spacial score (nSPS) is 10.3. The number of halogens is 1. The van der Waals surface area contributed by atoms with E-state index in [1.54, 1.807) is 0 Å². The number of aryl methyl sites for hydroxylation is 1. The molecule has 0 radical (unpaired) electrons. The van der Waals surface area contributed by atoms with Crippen molar-refractivity contribution in [1.82, 2.24) is 10.3 Å². The predicted molar refractivity (Wildman–Crippen MR) is 70.2 cm³/mol. The van der Waals surface area contributed by atoms with Gasteiger partial charge < -0.3 is 11.1 Å². The summed E-state index contributed by atoms with van der Waals surface area (Å²) in [5.74, 6) is -0.464. The minimum atomic E-state index is -0.439. The highest BCUT2D eigenvalue weighted by molar-refractivity contribution is 9.10. The molecule has 3 N–H and O–H groups in total. The van der Waals surface area contributed by atoms with E-state index in [-0.39, 0.29) is 11.5 Å². The SMILES string of the molecule is CCc1cc(Br)ccc1NC(=O)c1nonc1N. The van der Waals surface area contributed by atoms with E-state index in [9.17, 15) is 4.79 Å². The Morgan fingerprint density at radius 2 is 2.28 bits per heavy atom. The van der Waals surface area contributed by atoms with Crippen LogP contribution in [0.2, 0.25) is 0 Å². The third-order valence-corrected chi connectivity index (χ3v) is 2.92. The summed E-state index contributed by atoms with van der Waals surface area (Å²) in [6, 6.07) is 5.60. The first-order chi connectivity index (χ1) is 8.61. The first-order valence-electron chi connectivity index (χ1n) is 5.29. The number of carbonyl (C=O) groups is 1. The Kier molecular flexibility index (Phi) is 3.61. The number of anilines is 2. The monoisotopic (exact) mass is 310 g/mol. The van der Waals surface area contributed by atoms with Crippen molar-refractivity contribution >= 4 is 33.3 Å². The molecule has 0 bridgehead atoms. The first-order valence-corrected chi connectivity index (χ1v) is 6.09. The van der Waals surface area contributed by atoms with Crippen molar-refractivity contribution in [2.45, 2.75) is 13.3 Å². The van der Waals surface area contributed by atoms with Gasteiger partial charge in [-0.1, -0.05) is 22.9 Å². The van der Waals surface area contributed by atoms with Gasteiger partial charge in [-0.2, -0.15) is 0 Å². The van der Waals surface area contributed by atoms with Crippen molar-refractivity contribution in [3.05, 3.63) is 33.9 Å². The summed E-state index contributed by atoms with van der Waals surface area (Å²) < 4.78 is 5.34. The van der Waals surface area contributed by atoms with Crippen LogP contribution in [0.4, 0.5) is 11.5 Å². The lowest BCUT2D eigenvalue weighted by molar-refractivity contribution is 0.101. The van der Waals surface area contributed by atoms with Gasteiger partial charge in [0.2, 0.25) is 11.5 Å². The number of carbonyl (C=O) groups excluding carboxylic acids is 1. The number of aromatic nitrogens is 2. The van der Waals surface area contributed by atoms with Gasteiger partial charge in [-0.3, -0.25) is 4.79 Å². The molecule has 0 aliphatic rings. The van der Waals surface area contributed by atoms with Gasteiger partial charge in [-0.05, 0) is 40.5 Å². The molecule has 6 nitrogen and oxygen atoms in total. The standard InChI is InChI=1S/C11H11BrN4O2/c1-2-6-5-7(12)3-4-8(6)14-11(17)9-10(13)16-18-15-9/h3-5H,2H2,1H3,(H2,13,16)(H,14,17). The van der Waals surface area contributed by atoms with E-state index < -0.39 is 5.91 Å². The second-order valence-electron chi connectivity index (χ2n) is 3.61. The summed E-state index contributed by atoms with van der Waals surface area (Å²) in [6.45, 7) is 2.00. The molecule has 0 aliphatic carbocycles. The van der Waals surface area contributed by atoms with E-state index in [1.807, 2.05) is 25.1 Å². The summed E-state index contributed by atoms with van der Waals surface area (Å²) >= 11 is 3.38. The number of nitrogens with zero attached hydrogens (tertiary/aromatic N) is 2. The highest BCUT2D eigenvalue weighted by Crippen LogP contribution is 2.22. The van der Waals surface area contributed by atoms with Gasteiger partial charge in [0.15, 0.2) is 0 Å². The topological polar surface area (TPSA) is 94.0 Å². The zero-order valence-electron chi connectivity index (χ0n) is 9.61. The third-order valence-electron chi connectivity index (χ3n) is 2.43. The van der Waals surface area contributed by atoms with Crippen LogP contribution in [-0.4, -0.2) is 16.2 Å². The highest BCUT2D eigenvalue weighted by atomic mass is 79.9. The van der Waals surface area contributed by atoms with E-state index in [2.05, 4.69) is 36.2 Å². The number of amides is 1. The molecule has 1 heterocycles. The quantitative estimate of drug-likeness (QED) is 0.906. The lowest BCUT2D eigenvalue weighted by atomic mass is 10.1. The molecule has 0 unspecified atom stereocenters. The Morgan fingerprint density at radius 1 is 1.50 bits per heavy atom. The van der Waals surface area contributed by atoms with Crippen LogP contribution >= 0.6 is 15.9 Å². The van der Waals surface area contributed by atoms with Crippen LogP contribution in [-0.2, 0) is 6.42 Å². The molecule has 94 valence electrons. The van der Waals surface area contributed by atoms with Crippen molar-refractivity contribution in [2.75, 3.05) is 11.1 Å². The predicted octanol–water partition coefficient (Wildman–Crippen LogP) is 2.23. The van der Waals surface area contributed by atoms with E-state index in [4.69, 9.17) is 5.73 Å². The van der Waals surface area contributed by atoms with Gasteiger partial charge in [-0.15, -0.1) is 0 Å². The number of rotatable bonds is 3. The number of benzene rings is 1. The van der Waals surface area contributed by atoms with Gasteiger partial charge in [0.1, 0.15) is 0 Å². The molecule has 18 heavy (non-hydrogen) atoms. The molecule has 0 spiro atoms. The third kappa shape index (κ3) is 2.51. The molecule has 2 rings (SSSR count). The summed E-state index contributed by atoms with van der Waals surface area (Å²) in [5, 5.41) is 9.54. The molecule has 7 heteroatoms. The fourth-order valence-corrected chi connectivity index (χ4v) is 1.92. The Bertz CT molecular complexity index is 582. The van der Waals surface area contributed by atoms with Crippen LogP contribution in [0.15, 0.2) is 27.3 Å². The lowest BCUT2D eigenvalue weighted by Crippen LogP contribution is -2.15. The van der Waals surface area contributed by atoms with Gasteiger partial charge in [-0.25, -0.2) is 4.63 Å². The fraction of sp³-hybridized carbons (Fsp3) is 0.182. The second kappa shape index (κ2) is 5.18. The van der Waals surface area contributed by atoms with E-state index in [1.165, 1.54) is 0 Å². The summed E-state index contributed by atoms with van der Waals surface area (Å²) in [4.78, 5) is 11.9. The molecule has 1 amide bonds. The van der Waals surface area contributed by atoms with Crippen LogP contribution < -0.4 is 11.1 Å². The molecule has 1 aromatic carbocycles. The Labute approximate surface area is 112 Å². The van der Waals surface area contributed by atoms with Gasteiger partial charge in [0, 0.05) is 10.2 Å². The van der Waals surface area contributed by atoms with E-state index >= 15 is 0 Å². The first kappa shape index (κ1) is 12.6. The number of nitrogens with one attached hydrogen (secondary N) is 1. The molecule has 2 aromatic rings. The molecule has 0 fully saturated rings. The van der Waals surface area contributed by atoms with Crippen molar-refractivity contribution in [1.29, 1.82) is 0 Å². The van der Waals surface area contributed by atoms with Gasteiger partial charge in [0.25, 0.3) is 5.91 Å². The number of nitrogens with two attached hydrogens (primary N) is 1. The molecule has 0 atom stereocenters. The second-order valence-corrected chi connectivity index (χ2v) is 4.52. The van der Waals surface area contributed by atoms with Gasteiger partial charge >= 0.3 is 0 Å². The largest absolute Gasteiger partial charge is 0.379 e. The lowest BCUT2D eigenvalue weighted by Gasteiger charge is -2.09. The minimum absolute atomic E-state index is 0.0139. The highest BCUT2D eigenvalue weighted by Gasteiger charge is 2.17. The Hall–Kier alpha value is -1.89. The van der Waals surface area contributed by atoms with Crippen molar-refractivity contribution in [3.63, 3.8) is 0 Å². The molecule has 1 aromatic heterocycles. The summed E-state index contributed by atoms with van der Waals surface area (Å²) in [6.07, 6.45) is 0.793. The minimum Gasteiger partial charge on any atom is -0.379 e. The maximum atomic E-state index is 11.9. The number of hydrogen-bond acceptors (Lipinski definition) is 5. The summed E-state index contributed by atoms with van der Waals surface area (Å²) in [5.41, 5.74) is 7.16. The zero-order valence-corrected chi connectivity index (χ0v) is 11.2. The molecule has 0 aliphatic heterocycles. The molecule has 0 saturated heterocycles. The fourth-order valence-electron chi connectivity index (χ4n) is 1.51. The van der Waals surface area contributed by atoms with Gasteiger partial charge in [0.05, 0.1) is 0 Å². The molecule has 0 saturated carbocycles. The summed E-state index contributed by atoms with van der Waals surface area (Å²) in [7, 11) is 0.